The molecule has 19 heavy (non-hydrogen) atoms. The van der Waals surface area contributed by atoms with Crippen molar-refractivity contribution in [3.63, 3.8) is 0 Å². The van der Waals surface area contributed by atoms with Crippen LogP contribution in [0.5, 0.6) is 0 Å². The van der Waals surface area contributed by atoms with Gasteiger partial charge in [-0.3, -0.25) is 9.63 Å². The molecule has 0 bridgehead atoms. The molecule has 0 aliphatic heterocycles. The van der Waals surface area contributed by atoms with Crippen LogP contribution in [-0.2, 0) is 4.84 Å². The molecule has 2 rings (SSSR count). The molecule has 5 heteroatoms. The second-order valence-electron chi connectivity index (χ2n) is 4.81. The van der Waals surface area contributed by atoms with E-state index in [9.17, 15) is 9.18 Å². The number of nitrogens with one attached hydrogen (secondary N) is 1. The first kappa shape index (κ1) is 14.0. The molecule has 1 heterocycles. The van der Waals surface area contributed by atoms with Crippen LogP contribution in [0.2, 0.25) is 0 Å². The summed E-state index contributed by atoms with van der Waals surface area (Å²) >= 11 is 1.27. The smallest absolute Gasteiger partial charge is 0.273 e. The van der Waals surface area contributed by atoms with E-state index in [4.69, 9.17) is 4.84 Å². The van der Waals surface area contributed by atoms with Crippen LogP contribution in [0.4, 0.5) is 4.39 Å². The Balaban J connectivity index is 2.23. The average molecular weight is 281 g/mol. The quantitative estimate of drug-likeness (QED) is 0.868. The fourth-order valence-electron chi connectivity index (χ4n) is 1.79. The monoisotopic (exact) mass is 281 g/mol. The highest BCUT2D eigenvalue weighted by Gasteiger charge is 2.17. The summed E-state index contributed by atoms with van der Waals surface area (Å²) < 4.78 is 14.5. The lowest BCUT2D eigenvalue weighted by Crippen LogP contribution is -2.25. The van der Waals surface area contributed by atoms with Crippen molar-refractivity contribution in [1.82, 2.24) is 5.48 Å². The number of benzene rings is 1. The van der Waals surface area contributed by atoms with Gasteiger partial charge in [0.05, 0.1) is 11.5 Å². The van der Waals surface area contributed by atoms with Crippen LogP contribution < -0.4 is 5.48 Å². The molecule has 0 saturated heterocycles. The topological polar surface area (TPSA) is 38.3 Å². The molecule has 0 saturated carbocycles. The van der Waals surface area contributed by atoms with Crippen LogP contribution in [0.15, 0.2) is 18.2 Å². The molecule has 0 fully saturated rings. The minimum absolute atomic E-state index is 0.298. The van der Waals surface area contributed by atoms with Gasteiger partial charge < -0.3 is 0 Å². The van der Waals surface area contributed by atoms with E-state index in [-0.39, 0.29) is 11.7 Å². The number of halogens is 1. The molecule has 2 aromatic rings. The SMILES string of the molecule is Cc1c(C(=O)NOCC(C)C)sc2cccc(F)c12. The maximum atomic E-state index is 13.7. The third-order valence-corrected chi connectivity index (χ3v) is 3.95. The van der Waals surface area contributed by atoms with Crippen LogP contribution in [0.25, 0.3) is 10.1 Å². The van der Waals surface area contributed by atoms with Crippen molar-refractivity contribution in [3.8, 4) is 0 Å². The second kappa shape index (κ2) is 5.67. The molecule has 3 nitrogen and oxygen atoms in total. The Morgan fingerprint density at radius 1 is 1.47 bits per heavy atom. The first-order valence-corrected chi connectivity index (χ1v) is 6.92. The predicted octanol–water partition coefficient (Wildman–Crippen LogP) is 3.67. The largest absolute Gasteiger partial charge is 0.285 e. The van der Waals surface area contributed by atoms with Crippen molar-refractivity contribution >= 4 is 27.3 Å². The van der Waals surface area contributed by atoms with E-state index in [1.165, 1.54) is 17.4 Å². The second-order valence-corrected chi connectivity index (χ2v) is 5.86. The lowest BCUT2D eigenvalue weighted by molar-refractivity contribution is 0.0211. The summed E-state index contributed by atoms with van der Waals surface area (Å²) in [4.78, 5) is 17.6. The van der Waals surface area contributed by atoms with Gasteiger partial charge in [0.1, 0.15) is 5.82 Å². The molecule has 1 N–H and O–H groups in total. The molecule has 102 valence electrons. The van der Waals surface area contributed by atoms with Crippen molar-refractivity contribution in [3.05, 3.63) is 34.5 Å². The molecule has 0 radical (unpaired) electrons. The van der Waals surface area contributed by atoms with Crippen molar-refractivity contribution in [1.29, 1.82) is 0 Å². The fraction of sp³-hybridized carbons (Fsp3) is 0.357. The van der Waals surface area contributed by atoms with Crippen molar-refractivity contribution in [2.24, 2.45) is 5.92 Å². The van der Waals surface area contributed by atoms with E-state index >= 15 is 0 Å². The van der Waals surface area contributed by atoms with Crippen LogP contribution in [-0.4, -0.2) is 12.5 Å². The minimum atomic E-state index is -0.321. The lowest BCUT2D eigenvalue weighted by atomic mass is 10.1. The molecule has 1 aromatic carbocycles. The maximum absolute atomic E-state index is 13.7. The van der Waals surface area contributed by atoms with Crippen LogP contribution in [0.1, 0.15) is 29.1 Å². The highest BCUT2D eigenvalue weighted by molar-refractivity contribution is 7.21. The average Bonchev–Trinajstić information content (AvgIpc) is 2.67. The van der Waals surface area contributed by atoms with Gasteiger partial charge >= 0.3 is 0 Å². The summed E-state index contributed by atoms with van der Waals surface area (Å²) in [6.07, 6.45) is 0. The highest BCUT2D eigenvalue weighted by Crippen LogP contribution is 2.32. The van der Waals surface area contributed by atoms with E-state index in [0.717, 1.165) is 4.70 Å². The molecular formula is C14H16FNO2S. The molecule has 0 aliphatic rings. The Labute approximate surface area is 115 Å². The predicted molar refractivity (Wildman–Crippen MR) is 74.8 cm³/mol. The van der Waals surface area contributed by atoms with Gasteiger partial charge in [-0.2, -0.15) is 0 Å². The first-order chi connectivity index (χ1) is 9.00. The van der Waals surface area contributed by atoms with Gasteiger partial charge in [0, 0.05) is 10.1 Å². The van der Waals surface area contributed by atoms with E-state index in [2.05, 4.69) is 5.48 Å². The summed E-state index contributed by atoms with van der Waals surface area (Å²) in [5, 5.41) is 0.515. The van der Waals surface area contributed by atoms with Gasteiger partial charge in [-0.15, -0.1) is 11.3 Å². The zero-order valence-electron chi connectivity index (χ0n) is 11.1. The number of hydrogen-bond donors (Lipinski definition) is 1. The van der Waals surface area contributed by atoms with Gasteiger partial charge in [-0.1, -0.05) is 19.9 Å². The number of carbonyl (C=O) groups excluding carboxylic acids is 1. The highest BCUT2D eigenvalue weighted by atomic mass is 32.1. The molecule has 0 unspecified atom stereocenters. The van der Waals surface area contributed by atoms with Gasteiger partial charge in [0.2, 0.25) is 0 Å². The molecular weight excluding hydrogens is 265 g/mol. The Bertz CT molecular complexity index is 607. The van der Waals surface area contributed by atoms with Crippen molar-refractivity contribution in [2.45, 2.75) is 20.8 Å². The van der Waals surface area contributed by atoms with E-state index in [1.54, 1.807) is 13.0 Å². The molecule has 0 spiro atoms. The molecule has 0 aliphatic carbocycles. The maximum Gasteiger partial charge on any atom is 0.285 e. The number of hydroxylamine groups is 1. The van der Waals surface area contributed by atoms with Gasteiger partial charge in [-0.05, 0) is 30.5 Å². The number of amides is 1. The number of rotatable bonds is 4. The lowest BCUT2D eigenvalue weighted by Gasteiger charge is -2.07. The van der Waals surface area contributed by atoms with E-state index in [0.29, 0.717) is 28.4 Å². The molecule has 0 atom stereocenters. The van der Waals surface area contributed by atoms with Crippen LogP contribution in [0.3, 0.4) is 0 Å². The number of hydrogen-bond acceptors (Lipinski definition) is 3. The van der Waals surface area contributed by atoms with E-state index in [1.807, 2.05) is 19.9 Å². The summed E-state index contributed by atoms with van der Waals surface area (Å²) in [6.45, 7) is 6.18. The molecule has 1 amide bonds. The number of aryl methyl sites for hydroxylation is 1. The number of thiophene rings is 1. The zero-order chi connectivity index (χ0) is 14.0. The van der Waals surface area contributed by atoms with Gasteiger partial charge in [0.25, 0.3) is 5.91 Å². The Kier molecular flexibility index (Phi) is 4.17. The van der Waals surface area contributed by atoms with Crippen molar-refractivity contribution < 1.29 is 14.0 Å². The Hall–Kier alpha value is -1.46. The fourth-order valence-corrected chi connectivity index (χ4v) is 2.90. The minimum Gasteiger partial charge on any atom is -0.273 e. The Morgan fingerprint density at radius 3 is 2.84 bits per heavy atom. The van der Waals surface area contributed by atoms with E-state index < -0.39 is 0 Å². The third-order valence-electron chi connectivity index (χ3n) is 2.69. The zero-order valence-corrected chi connectivity index (χ0v) is 11.9. The van der Waals surface area contributed by atoms with Gasteiger partial charge in [0.15, 0.2) is 0 Å². The summed E-state index contributed by atoms with van der Waals surface area (Å²) in [5.41, 5.74) is 3.06. The summed E-state index contributed by atoms with van der Waals surface area (Å²) in [6, 6.07) is 4.85. The number of carbonyl (C=O) groups is 1. The normalized spacial score (nSPS) is 11.2. The summed E-state index contributed by atoms with van der Waals surface area (Å²) in [7, 11) is 0. The molecule has 1 aromatic heterocycles. The Morgan fingerprint density at radius 2 is 2.21 bits per heavy atom. The number of fused-ring (bicyclic) bond motifs is 1. The first-order valence-electron chi connectivity index (χ1n) is 6.10. The van der Waals surface area contributed by atoms with Gasteiger partial charge in [-0.25, -0.2) is 9.87 Å². The van der Waals surface area contributed by atoms with Crippen LogP contribution >= 0.6 is 11.3 Å². The van der Waals surface area contributed by atoms with Crippen molar-refractivity contribution in [2.75, 3.05) is 6.61 Å². The third kappa shape index (κ3) is 2.93. The van der Waals surface area contributed by atoms with Crippen LogP contribution in [0, 0.1) is 18.7 Å². The standard InChI is InChI=1S/C14H16FNO2S/c1-8(2)7-18-16-14(17)13-9(3)12-10(15)5-4-6-11(12)19-13/h4-6,8H,7H2,1-3H3,(H,16,17). The summed E-state index contributed by atoms with van der Waals surface area (Å²) in [5.74, 6) is -0.284.